The fraction of sp³-hybridized carbons (Fsp3) is 0.421. The van der Waals surface area contributed by atoms with E-state index in [2.05, 4.69) is 33.2 Å². The lowest BCUT2D eigenvalue weighted by Crippen LogP contribution is -2.28. The van der Waals surface area contributed by atoms with Gasteiger partial charge in [-0.15, -0.1) is 5.10 Å². The summed E-state index contributed by atoms with van der Waals surface area (Å²) in [4.78, 5) is 17.1. The summed E-state index contributed by atoms with van der Waals surface area (Å²) in [6, 6.07) is 5.39. The Hall–Kier alpha value is -1.80. The van der Waals surface area contributed by atoms with Crippen LogP contribution in [0.1, 0.15) is 45.2 Å². The molecule has 6 nitrogen and oxygen atoms in total. The first-order valence-corrected chi connectivity index (χ1v) is 10.7. The van der Waals surface area contributed by atoms with Crippen molar-refractivity contribution in [3.63, 3.8) is 0 Å². The molecule has 1 atom stereocenters. The Labute approximate surface area is 171 Å². The zero-order chi connectivity index (χ0) is 19.6. The van der Waals surface area contributed by atoms with Gasteiger partial charge in [-0.1, -0.05) is 41.0 Å². The Morgan fingerprint density at radius 2 is 2.22 bits per heavy atom. The van der Waals surface area contributed by atoms with Crippen LogP contribution in [0.5, 0.6) is 5.75 Å². The molecule has 1 N–H and O–H groups in total. The fourth-order valence-corrected chi connectivity index (χ4v) is 4.45. The van der Waals surface area contributed by atoms with Gasteiger partial charge >= 0.3 is 0 Å². The molecule has 0 saturated heterocycles. The van der Waals surface area contributed by atoms with Crippen molar-refractivity contribution >= 4 is 39.4 Å². The number of ether oxygens (including phenoxy) is 1. The average Bonchev–Trinajstić information content (AvgIpc) is 3.02. The summed E-state index contributed by atoms with van der Waals surface area (Å²) in [6.45, 7) is 5.64. The van der Waals surface area contributed by atoms with E-state index in [1.807, 2.05) is 25.1 Å². The van der Waals surface area contributed by atoms with E-state index in [9.17, 15) is 4.79 Å². The number of unbranched alkanes of at least 4 members (excludes halogenated alkanes) is 1. The molecule has 0 fully saturated rings. The highest BCUT2D eigenvalue weighted by Crippen LogP contribution is 2.41. The number of nitrogens with zero attached hydrogens (tertiary/aromatic N) is 3. The molecule has 1 aromatic carbocycles. The number of methoxy groups -OCH3 is 1. The summed E-state index contributed by atoms with van der Waals surface area (Å²) >= 11 is 5.16. The van der Waals surface area contributed by atoms with Crippen molar-refractivity contribution in [2.45, 2.75) is 44.8 Å². The van der Waals surface area contributed by atoms with E-state index in [-0.39, 0.29) is 11.8 Å². The van der Waals surface area contributed by atoms with E-state index in [0.29, 0.717) is 22.4 Å². The molecule has 8 heteroatoms. The molecule has 0 radical (unpaired) electrons. The first-order chi connectivity index (χ1) is 13.0. The van der Waals surface area contributed by atoms with Crippen LogP contribution in [0, 0.1) is 0 Å². The highest BCUT2D eigenvalue weighted by atomic mass is 79.9. The highest BCUT2D eigenvalue weighted by Gasteiger charge is 2.34. The van der Waals surface area contributed by atoms with E-state index in [4.69, 9.17) is 9.84 Å². The molecule has 0 spiro atoms. The topological polar surface area (TPSA) is 69.0 Å². The molecule has 3 rings (SSSR count). The summed E-state index contributed by atoms with van der Waals surface area (Å²) in [7, 11) is 1.63. The van der Waals surface area contributed by atoms with Crippen molar-refractivity contribution in [3.8, 4) is 5.75 Å². The van der Waals surface area contributed by atoms with Gasteiger partial charge in [0.2, 0.25) is 11.1 Å². The van der Waals surface area contributed by atoms with E-state index in [0.717, 1.165) is 34.3 Å². The predicted octanol–water partition coefficient (Wildman–Crippen LogP) is 4.82. The molecule has 27 heavy (non-hydrogen) atoms. The van der Waals surface area contributed by atoms with Gasteiger partial charge in [-0.2, -0.15) is 4.98 Å². The third kappa shape index (κ3) is 4.06. The van der Waals surface area contributed by atoms with Crippen LogP contribution < -0.4 is 10.1 Å². The van der Waals surface area contributed by atoms with E-state index < -0.39 is 0 Å². The second-order valence-corrected chi connectivity index (χ2v) is 8.35. The minimum absolute atomic E-state index is 0.00614. The lowest BCUT2D eigenvalue weighted by atomic mass is 9.92. The molecular weight excluding hydrogens is 428 g/mol. The van der Waals surface area contributed by atoms with E-state index in [1.165, 1.54) is 0 Å². The Morgan fingerprint density at radius 3 is 2.89 bits per heavy atom. The van der Waals surface area contributed by atoms with Crippen molar-refractivity contribution in [2.24, 2.45) is 0 Å². The Morgan fingerprint density at radius 1 is 1.44 bits per heavy atom. The van der Waals surface area contributed by atoms with Crippen LogP contribution in [0.25, 0.3) is 0 Å². The van der Waals surface area contributed by atoms with Crippen LogP contribution in [0.3, 0.4) is 0 Å². The van der Waals surface area contributed by atoms with Crippen molar-refractivity contribution in [3.05, 3.63) is 39.5 Å². The number of Topliss-reactive ketones (excluding diaryl/α,β-unsaturated/α-hetero) is 1. The van der Waals surface area contributed by atoms with Crippen LogP contribution in [-0.2, 0) is 4.79 Å². The largest absolute Gasteiger partial charge is 0.496 e. The monoisotopic (exact) mass is 450 g/mol. The van der Waals surface area contributed by atoms with Crippen molar-refractivity contribution in [1.82, 2.24) is 14.8 Å². The Kier molecular flexibility index (Phi) is 6.26. The molecule has 1 aliphatic rings. The molecule has 1 aromatic heterocycles. The van der Waals surface area contributed by atoms with Crippen LogP contribution >= 0.6 is 27.7 Å². The van der Waals surface area contributed by atoms with Crippen LogP contribution in [0.2, 0.25) is 0 Å². The van der Waals surface area contributed by atoms with Gasteiger partial charge in [0.1, 0.15) is 11.8 Å². The number of halogens is 1. The van der Waals surface area contributed by atoms with Gasteiger partial charge < -0.3 is 10.1 Å². The predicted molar refractivity (Wildman–Crippen MR) is 111 cm³/mol. The average molecular weight is 451 g/mol. The number of ketones is 1. The molecule has 2 aromatic rings. The minimum Gasteiger partial charge on any atom is -0.496 e. The number of allylic oxidation sites excluding steroid dienone is 2. The van der Waals surface area contributed by atoms with E-state index in [1.54, 1.807) is 30.5 Å². The van der Waals surface area contributed by atoms with Gasteiger partial charge in [-0.3, -0.25) is 4.79 Å². The zero-order valence-corrected chi connectivity index (χ0v) is 18.3. The highest BCUT2D eigenvalue weighted by molar-refractivity contribution is 9.10. The lowest BCUT2D eigenvalue weighted by Gasteiger charge is -2.29. The second kappa shape index (κ2) is 8.48. The van der Waals surface area contributed by atoms with Crippen LogP contribution in [0.4, 0.5) is 5.95 Å². The van der Waals surface area contributed by atoms with Gasteiger partial charge in [0.05, 0.1) is 7.11 Å². The van der Waals surface area contributed by atoms with Gasteiger partial charge in [0.25, 0.3) is 0 Å². The fourth-order valence-electron chi connectivity index (χ4n) is 3.16. The van der Waals surface area contributed by atoms with Crippen LogP contribution in [-0.4, -0.2) is 33.4 Å². The summed E-state index contributed by atoms with van der Waals surface area (Å²) in [5, 5.41) is 8.65. The number of thioether (sulfide) groups is 1. The molecule has 0 bridgehead atoms. The number of aromatic nitrogens is 3. The normalized spacial score (nSPS) is 16.1. The van der Waals surface area contributed by atoms with E-state index >= 15 is 0 Å². The first kappa shape index (κ1) is 19.9. The number of hydrogen-bond acceptors (Lipinski definition) is 6. The number of hydrogen-bond donors (Lipinski definition) is 1. The number of rotatable bonds is 7. The Bertz CT molecular complexity index is 894. The molecule has 1 aliphatic heterocycles. The first-order valence-electron chi connectivity index (χ1n) is 8.87. The molecule has 0 saturated carbocycles. The summed E-state index contributed by atoms with van der Waals surface area (Å²) in [5.41, 5.74) is 2.32. The molecule has 0 amide bonds. The molecule has 2 heterocycles. The quantitative estimate of drug-likeness (QED) is 0.481. The molecule has 0 aliphatic carbocycles. The number of carbonyl (C=O) groups is 1. The lowest BCUT2D eigenvalue weighted by molar-refractivity contribution is -0.114. The number of carbonyl (C=O) groups excluding carboxylic acids is 1. The number of anilines is 1. The smallest absolute Gasteiger partial charge is 0.227 e. The standard InChI is InChI=1S/C19H23BrN4O2S/c1-5-6-9-27-19-22-18-21-11(2)16(12(3)25)17(24(18)23-19)14-10-13(20)7-8-15(14)26-4/h7-8,10,17H,5-6,9H2,1-4H3,(H,21,22,23). The van der Waals surface area contributed by atoms with Crippen LogP contribution in [0.15, 0.2) is 39.1 Å². The number of nitrogens with one attached hydrogen (secondary N) is 1. The summed E-state index contributed by atoms with van der Waals surface area (Å²) in [6.07, 6.45) is 2.24. The molecule has 144 valence electrons. The Balaban J connectivity index is 2.12. The maximum absolute atomic E-state index is 12.5. The maximum Gasteiger partial charge on any atom is 0.227 e. The number of benzene rings is 1. The van der Waals surface area contributed by atoms with Crippen molar-refractivity contribution in [1.29, 1.82) is 0 Å². The third-order valence-electron chi connectivity index (χ3n) is 4.43. The SMILES string of the molecule is CCCCSc1nc2n(n1)C(c1cc(Br)ccc1OC)C(C(C)=O)=C(C)N2. The zero-order valence-electron chi connectivity index (χ0n) is 15.9. The van der Waals surface area contributed by atoms with Gasteiger partial charge in [0, 0.05) is 27.1 Å². The maximum atomic E-state index is 12.5. The van der Waals surface area contributed by atoms with Crippen molar-refractivity contribution < 1.29 is 9.53 Å². The minimum atomic E-state index is -0.390. The summed E-state index contributed by atoms with van der Waals surface area (Å²) < 4.78 is 8.28. The third-order valence-corrected chi connectivity index (χ3v) is 5.85. The summed E-state index contributed by atoms with van der Waals surface area (Å²) in [5.74, 6) is 2.31. The van der Waals surface area contributed by atoms with Gasteiger partial charge in [0.15, 0.2) is 5.78 Å². The second-order valence-electron chi connectivity index (χ2n) is 6.37. The molecule has 1 unspecified atom stereocenters. The molecular formula is C19H23BrN4O2S. The number of fused-ring (bicyclic) bond motifs is 1. The van der Waals surface area contributed by atoms with Gasteiger partial charge in [-0.25, -0.2) is 4.68 Å². The van der Waals surface area contributed by atoms with Crippen molar-refractivity contribution in [2.75, 3.05) is 18.2 Å². The van der Waals surface area contributed by atoms with Gasteiger partial charge in [-0.05, 0) is 38.5 Å².